The number of carbonyl (C=O) groups excluding carboxylic acids is 1. The van der Waals surface area contributed by atoms with Gasteiger partial charge in [-0.2, -0.15) is 0 Å². The number of thioether (sulfide) groups is 1. The second kappa shape index (κ2) is 9.57. The first kappa shape index (κ1) is 22.4. The molecule has 1 aromatic heterocycles. The van der Waals surface area contributed by atoms with Crippen LogP contribution in [0.4, 0.5) is 10.8 Å². The highest BCUT2D eigenvalue weighted by atomic mass is 32.2. The van der Waals surface area contributed by atoms with E-state index in [4.69, 9.17) is 4.74 Å². The molecule has 0 bridgehead atoms. The molecule has 0 spiro atoms. The van der Waals surface area contributed by atoms with Gasteiger partial charge in [0.05, 0.1) is 11.9 Å². The molecule has 1 amide bonds. The second-order valence-electron chi connectivity index (χ2n) is 6.55. The number of anilines is 2. The van der Waals surface area contributed by atoms with Crippen molar-refractivity contribution in [2.24, 2.45) is 5.92 Å². The van der Waals surface area contributed by atoms with Crippen molar-refractivity contribution in [3.05, 3.63) is 24.3 Å². The first-order chi connectivity index (χ1) is 13.1. The Morgan fingerprint density at radius 1 is 1.25 bits per heavy atom. The Morgan fingerprint density at radius 3 is 2.46 bits per heavy atom. The summed E-state index contributed by atoms with van der Waals surface area (Å²) in [6.07, 6.45) is 0.374. The van der Waals surface area contributed by atoms with Crippen molar-refractivity contribution in [1.29, 1.82) is 0 Å². The monoisotopic (exact) mass is 444 g/mol. The van der Waals surface area contributed by atoms with Gasteiger partial charge in [-0.1, -0.05) is 36.9 Å². The molecular formula is C17H24N4O4S3. The molecule has 1 N–H and O–H groups in total. The average Bonchev–Trinajstić information content (AvgIpc) is 3.06. The zero-order valence-corrected chi connectivity index (χ0v) is 18.8. The van der Waals surface area contributed by atoms with E-state index >= 15 is 0 Å². The molecule has 1 aromatic carbocycles. The molecular weight excluding hydrogens is 420 g/mol. The molecule has 8 nitrogen and oxygen atoms in total. The summed E-state index contributed by atoms with van der Waals surface area (Å²) < 4.78 is 30.7. The third kappa shape index (κ3) is 6.64. The number of sulfonamides is 1. The summed E-state index contributed by atoms with van der Waals surface area (Å²) in [5.41, 5.74) is 0.507. The van der Waals surface area contributed by atoms with Crippen molar-refractivity contribution < 1.29 is 17.9 Å². The third-order valence-electron chi connectivity index (χ3n) is 3.56. The molecule has 154 valence electrons. The van der Waals surface area contributed by atoms with Crippen LogP contribution in [-0.4, -0.2) is 49.7 Å². The Hall–Kier alpha value is -1.85. The van der Waals surface area contributed by atoms with Crippen LogP contribution in [0.2, 0.25) is 0 Å². The maximum atomic E-state index is 12.3. The lowest BCUT2D eigenvalue weighted by atomic mass is 10.3. The van der Waals surface area contributed by atoms with Crippen LogP contribution in [0.25, 0.3) is 0 Å². The Balaban J connectivity index is 1.92. The number of carbonyl (C=O) groups is 1. The van der Waals surface area contributed by atoms with E-state index in [-0.39, 0.29) is 5.91 Å². The molecule has 2 aromatic rings. The highest BCUT2D eigenvalue weighted by molar-refractivity contribution is 8.01. The number of hydrogen-bond acceptors (Lipinski definition) is 8. The molecule has 0 fully saturated rings. The van der Waals surface area contributed by atoms with Gasteiger partial charge in [-0.25, -0.2) is 8.42 Å². The molecule has 0 radical (unpaired) electrons. The smallest absolute Gasteiger partial charge is 0.266 e. The number of rotatable bonds is 9. The van der Waals surface area contributed by atoms with Gasteiger partial charge in [0.2, 0.25) is 15.2 Å². The quantitative estimate of drug-likeness (QED) is 0.468. The van der Waals surface area contributed by atoms with E-state index in [1.165, 1.54) is 18.4 Å². The van der Waals surface area contributed by atoms with E-state index in [0.29, 0.717) is 22.5 Å². The topological polar surface area (TPSA) is 101 Å². The van der Waals surface area contributed by atoms with Crippen LogP contribution in [0.3, 0.4) is 0 Å². The molecule has 1 unspecified atom stereocenters. The number of nitrogens with zero attached hydrogens (tertiary/aromatic N) is 3. The lowest BCUT2D eigenvalue weighted by molar-refractivity contribution is -0.122. The first-order valence-electron chi connectivity index (χ1n) is 8.54. The van der Waals surface area contributed by atoms with E-state index in [1.54, 1.807) is 43.0 Å². The number of amides is 1. The molecule has 0 saturated carbocycles. The molecule has 1 heterocycles. The molecule has 0 saturated heterocycles. The van der Waals surface area contributed by atoms with Crippen LogP contribution in [0.5, 0.6) is 5.75 Å². The molecule has 0 aliphatic carbocycles. The first-order valence-corrected chi connectivity index (χ1v) is 12.2. The van der Waals surface area contributed by atoms with Gasteiger partial charge in [0.1, 0.15) is 5.75 Å². The second-order valence-corrected chi connectivity index (χ2v) is 10.8. The minimum atomic E-state index is -3.33. The predicted molar refractivity (Wildman–Crippen MR) is 114 cm³/mol. The van der Waals surface area contributed by atoms with E-state index in [9.17, 15) is 13.2 Å². The van der Waals surface area contributed by atoms with Gasteiger partial charge in [-0.3, -0.25) is 14.4 Å². The van der Waals surface area contributed by atoms with Crippen LogP contribution in [-0.2, 0) is 14.8 Å². The zero-order chi connectivity index (χ0) is 20.9. The number of hydrogen-bond donors (Lipinski definition) is 1. The Kier molecular flexibility index (Phi) is 7.67. The minimum absolute atomic E-state index is 0.339. The van der Waals surface area contributed by atoms with Crippen molar-refractivity contribution in [3.8, 4) is 5.75 Å². The lowest BCUT2D eigenvalue weighted by Crippen LogP contribution is -2.30. The number of nitrogens with one attached hydrogen (secondary N) is 1. The number of benzene rings is 1. The summed E-state index contributed by atoms with van der Waals surface area (Å²) in [4.78, 5) is 12.3. The average molecular weight is 445 g/mol. The van der Waals surface area contributed by atoms with E-state index in [2.05, 4.69) is 29.4 Å². The standard InChI is InChI=1S/C17H24N4O4S3/c1-11(2)10-26-17-20-19-16(27-17)18-15(22)12(3)25-14-8-6-13(7-9-14)21(4)28(5,23)24/h6-9,11-12H,10H2,1-5H3,(H,18,19,22). The number of ether oxygens (including phenoxy) is 1. The predicted octanol–water partition coefficient (Wildman–Crippen LogP) is 3.09. The maximum absolute atomic E-state index is 12.3. The molecule has 0 aliphatic heterocycles. The summed E-state index contributed by atoms with van der Waals surface area (Å²) in [6, 6.07) is 6.47. The molecule has 1 atom stereocenters. The van der Waals surface area contributed by atoms with Gasteiger partial charge in [0.15, 0.2) is 10.4 Å². The Labute approximate surface area is 173 Å². The molecule has 2 rings (SSSR count). The van der Waals surface area contributed by atoms with Crippen LogP contribution in [0, 0.1) is 5.92 Å². The van der Waals surface area contributed by atoms with Gasteiger partial charge >= 0.3 is 0 Å². The van der Waals surface area contributed by atoms with E-state index in [0.717, 1.165) is 20.7 Å². The van der Waals surface area contributed by atoms with Crippen molar-refractivity contribution in [2.75, 3.05) is 28.7 Å². The third-order valence-corrected chi connectivity index (χ3v) is 7.16. The van der Waals surface area contributed by atoms with Gasteiger partial charge in [-0.15, -0.1) is 10.2 Å². The minimum Gasteiger partial charge on any atom is -0.481 e. The molecule has 0 aliphatic rings. The van der Waals surface area contributed by atoms with Crippen molar-refractivity contribution in [3.63, 3.8) is 0 Å². The van der Waals surface area contributed by atoms with E-state index in [1.807, 2.05) is 0 Å². The maximum Gasteiger partial charge on any atom is 0.266 e. The van der Waals surface area contributed by atoms with Crippen molar-refractivity contribution in [2.45, 2.75) is 31.2 Å². The van der Waals surface area contributed by atoms with Crippen LogP contribution < -0.4 is 14.4 Å². The summed E-state index contributed by atoms with van der Waals surface area (Å²) in [5, 5.41) is 11.2. The fraction of sp³-hybridized carbons (Fsp3) is 0.471. The largest absolute Gasteiger partial charge is 0.481 e. The summed E-state index contributed by atoms with van der Waals surface area (Å²) in [6.45, 7) is 5.88. The summed E-state index contributed by atoms with van der Waals surface area (Å²) in [5.74, 6) is 1.60. The summed E-state index contributed by atoms with van der Waals surface area (Å²) >= 11 is 2.93. The fourth-order valence-electron chi connectivity index (χ4n) is 1.95. The Bertz CT molecular complexity index is 897. The van der Waals surface area contributed by atoms with E-state index < -0.39 is 16.1 Å². The van der Waals surface area contributed by atoms with Gasteiger partial charge in [0.25, 0.3) is 5.91 Å². The van der Waals surface area contributed by atoms with Crippen LogP contribution in [0.15, 0.2) is 28.6 Å². The zero-order valence-electron chi connectivity index (χ0n) is 16.4. The highest BCUT2D eigenvalue weighted by Gasteiger charge is 2.18. The Morgan fingerprint density at radius 2 is 1.89 bits per heavy atom. The fourth-order valence-corrected chi connectivity index (χ4v) is 4.18. The van der Waals surface area contributed by atoms with Gasteiger partial charge < -0.3 is 4.74 Å². The highest BCUT2D eigenvalue weighted by Crippen LogP contribution is 2.27. The SMILES string of the molecule is CC(C)CSc1nnc(NC(=O)C(C)Oc2ccc(N(C)S(C)(=O)=O)cc2)s1. The van der Waals surface area contributed by atoms with Crippen LogP contribution in [0.1, 0.15) is 20.8 Å². The molecule has 28 heavy (non-hydrogen) atoms. The van der Waals surface area contributed by atoms with Crippen molar-refractivity contribution >= 4 is 49.8 Å². The molecule has 11 heteroatoms. The van der Waals surface area contributed by atoms with Gasteiger partial charge in [0, 0.05) is 12.8 Å². The normalized spacial score (nSPS) is 12.6. The summed E-state index contributed by atoms with van der Waals surface area (Å²) in [7, 11) is -1.86. The lowest BCUT2D eigenvalue weighted by Gasteiger charge is -2.18. The van der Waals surface area contributed by atoms with Gasteiger partial charge in [-0.05, 0) is 37.1 Å². The number of aromatic nitrogens is 2. The van der Waals surface area contributed by atoms with Crippen molar-refractivity contribution in [1.82, 2.24) is 10.2 Å². The van der Waals surface area contributed by atoms with Crippen LogP contribution >= 0.6 is 23.1 Å².